The Hall–Kier alpha value is -3.07. The second kappa shape index (κ2) is 7.89. The number of fused-ring (bicyclic) bond motifs is 1. The Bertz CT molecular complexity index is 960. The van der Waals surface area contributed by atoms with E-state index < -0.39 is 5.91 Å². The fraction of sp³-hybridized carbons (Fsp3) is 0.421. The van der Waals surface area contributed by atoms with Gasteiger partial charge < -0.3 is 16.0 Å². The van der Waals surface area contributed by atoms with Crippen molar-refractivity contribution in [2.45, 2.75) is 19.4 Å². The highest BCUT2D eigenvalue weighted by atomic mass is 16.1. The molecule has 2 aromatic heterocycles. The van der Waals surface area contributed by atoms with Crippen molar-refractivity contribution in [1.82, 2.24) is 30.3 Å². The fourth-order valence-corrected chi connectivity index (χ4v) is 3.56. The van der Waals surface area contributed by atoms with E-state index in [0.29, 0.717) is 17.4 Å². The number of piperidine rings is 1. The Balaban J connectivity index is 1.25. The molecule has 0 radical (unpaired) electrons. The highest BCUT2D eigenvalue weighted by Gasteiger charge is 2.21. The minimum absolute atomic E-state index is 0.336. The van der Waals surface area contributed by atoms with Gasteiger partial charge in [0.05, 0.1) is 11.1 Å². The topological polar surface area (TPSA) is 115 Å². The van der Waals surface area contributed by atoms with Crippen LogP contribution in [-0.2, 0) is 13.6 Å². The SMILES string of the molecule is Cn1nnc2ccc(CNCC3CCN(c4ncc(C(N)=O)cn4)CC3)cc21. The molecular weight excluding hydrogens is 356 g/mol. The number of nitrogens with one attached hydrogen (secondary N) is 1. The second-order valence-corrected chi connectivity index (χ2v) is 7.23. The second-order valence-electron chi connectivity index (χ2n) is 7.23. The first-order chi connectivity index (χ1) is 13.6. The molecular formula is C19H24N8O. The number of aromatic nitrogens is 5. The quantitative estimate of drug-likeness (QED) is 0.652. The van der Waals surface area contributed by atoms with E-state index in [0.717, 1.165) is 50.1 Å². The molecule has 1 amide bonds. The standard InChI is InChI=1S/C19H24N8O/c1-26-17-8-14(2-3-16(17)24-25-26)10-21-9-13-4-6-27(7-5-13)19-22-11-15(12-23-19)18(20)28/h2-3,8,11-13,21H,4-7,9-10H2,1H3,(H2,20,28). The van der Waals surface area contributed by atoms with Crippen molar-refractivity contribution in [3.8, 4) is 0 Å². The minimum atomic E-state index is -0.505. The molecule has 0 aliphatic carbocycles. The minimum Gasteiger partial charge on any atom is -0.366 e. The maximum Gasteiger partial charge on any atom is 0.251 e. The Kier molecular flexibility index (Phi) is 5.16. The summed E-state index contributed by atoms with van der Waals surface area (Å²) >= 11 is 0. The molecule has 4 rings (SSSR count). The van der Waals surface area contributed by atoms with Gasteiger partial charge in [-0.1, -0.05) is 11.3 Å². The lowest BCUT2D eigenvalue weighted by atomic mass is 9.97. The van der Waals surface area contributed by atoms with E-state index in [1.54, 1.807) is 4.68 Å². The number of primary amides is 1. The van der Waals surface area contributed by atoms with Crippen molar-refractivity contribution in [3.05, 3.63) is 41.7 Å². The number of nitrogens with zero attached hydrogens (tertiary/aromatic N) is 6. The van der Waals surface area contributed by atoms with E-state index in [-0.39, 0.29) is 0 Å². The number of carbonyl (C=O) groups is 1. The van der Waals surface area contributed by atoms with Crippen molar-refractivity contribution < 1.29 is 4.79 Å². The maximum atomic E-state index is 11.1. The lowest BCUT2D eigenvalue weighted by Crippen LogP contribution is -2.38. The van der Waals surface area contributed by atoms with E-state index >= 15 is 0 Å². The van der Waals surface area contributed by atoms with Gasteiger partial charge in [0.25, 0.3) is 5.91 Å². The smallest absolute Gasteiger partial charge is 0.251 e. The number of anilines is 1. The summed E-state index contributed by atoms with van der Waals surface area (Å²) in [6.07, 6.45) is 5.15. The van der Waals surface area contributed by atoms with E-state index in [4.69, 9.17) is 5.73 Å². The van der Waals surface area contributed by atoms with Crippen molar-refractivity contribution in [3.63, 3.8) is 0 Å². The van der Waals surface area contributed by atoms with Gasteiger partial charge in [0.2, 0.25) is 5.95 Å². The monoisotopic (exact) mass is 380 g/mol. The summed E-state index contributed by atoms with van der Waals surface area (Å²) in [5.74, 6) is 0.785. The average Bonchev–Trinajstić information content (AvgIpc) is 3.09. The number of rotatable bonds is 6. The summed E-state index contributed by atoms with van der Waals surface area (Å²) in [4.78, 5) is 21.8. The first-order valence-corrected chi connectivity index (χ1v) is 9.46. The molecule has 0 spiro atoms. The van der Waals surface area contributed by atoms with E-state index in [1.807, 2.05) is 13.1 Å². The number of carbonyl (C=O) groups excluding carboxylic acids is 1. The molecule has 0 saturated carbocycles. The zero-order valence-corrected chi connectivity index (χ0v) is 15.9. The largest absolute Gasteiger partial charge is 0.366 e. The van der Waals surface area contributed by atoms with Crippen LogP contribution in [-0.4, -0.2) is 50.5 Å². The summed E-state index contributed by atoms with van der Waals surface area (Å²) in [6, 6.07) is 6.25. The maximum absolute atomic E-state index is 11.1. The zero-order valence-electron chi connectivity index (χ0n) is 15.9. The third-order valence-corrected chi connectivity index (χ3v) is 5.26. The van der Waals surface area contributed by atoms with Crippen LogP contribution in [0.15, 0.2) is 30.6 Å². The normalized spacial score (nSPS) is 15.2. The molecule has 1 aliphatic rings. The lowest BCUT2D eigenvalue weighted by molar-refractivity contribution is 0.0999. The molecule has 1 saturated heterocycles. The van der Waals surface area contributed by atoms with Crippen LogP contribution in [0.1, 0.15) is 28.8 Å². The van der Waals surface area contributed by atoms with Gasteiger partial charge in [-0.2, -0.15) is 0 Å². The van der Waals surface area contributed by atoms with Gasteiger partial charge in [-0.05, 0) is 43.0 Å². The Morgan fingerprint density at radius 1 is 1.25 bits per heavy atom. The van der Waals surface area contributed by atoms with Gasteiger partial charge in [0, 0.05) is 39.1 Å². The molecule has 1 fully saturated rings. The van der Waals surface area contributed by atoms with Crippen molar-refractivity contribution in [1.29, 1.82) is 0 Å². The van der Waals surface area contributed by atoms with Crippen LogP contribution in [0.5, 0.6) is 0 Å². The van der Waals surface area contributed by atoms with Crippen molar-refractivity contribution in [2.24, 2.45) is 18.7 Å². The van der Waals surface area contributed by atoms with Gasteiger partial charge >= 0.3 is 0 Å². The summed E-state index contributed by atoms with van der Waals surface area (Å²) < 4.78 is 1.80. The zero-order chi connectivity index (χ0) is 19.5. The molecule has 3 heterocycles. The third kappa shape index (κ3) is 3.94. The van der Waals surface area contributed by atoms with Gasteiger partial charge in [0.1, 0.15) is 5.52 Å². The van der Waals surface area contributed by atoms with Crippen molar-refractivity contribution >= 4 is 22.9 Å². The Labute approximate surface area is 162 Å². The van der Waals surface area contributed by atoms with Gasteiger partial charge in [-0.25, -0.2) is 14.6 Å². The summed E-state index contributed by atoms with van der Waals surface area (Å²) in [7, 11) is 1.91. The predicted molar refractivity (Wildman–Crippen MR) is 106 cm³/mol. The summed E-state index contributed by atoms with van der Waals surface area (Å²) in [6.45, 7) is 3.64. The highest BCUT2D eigenvalue weighted by Crippen LogP contribution is 2.20. The Morgan fingerprint density at radius 3 is 2.71 bits per heavy atom. The molecule has 1 aliphatic heterocycles. The first kappa shape index (κ1) is 18.3. The number of amides is 1. The third-order valence-electron chi connectivity index (χ3n) is 5.26. The summed E-state index contributed by atoms with van der Waals surface area (Å²) in [5, 5.41) is 11.7. The molecule has 3 N–H and O–H groups in total. The highest BCUT2D eigenvalue weighted by molar-refractivity contribution is 5.92. The van der Waals surface area contributed by atoms with Gasteiger partial charge in [-0.3, -0.25) is 4.79 Å². The Morgan fingerprint density at radius 2 is 2.00 bits per heavy atom. The van der Waals surface area contributed by atoms with Gasteiger partial charge in [-0.15, -0.1) is 5.10 Å². The lowest BCUT2D eigenvalue weighted by Gasteiger charge is -2.32. The number of aryl methyl sites for hydroxylation is 1. The molecule has 0 atom stereocenters. The molecule has 9 heteroatoms. The van der Waals surface area contributed by atoms with E-state index in [9.17, 15) is 4.79 Å². The first-order valence-electron chi connectivity index (χ1n) is 9.46. The van der Waals surface area contributed by atoms with Crippen LogP contribution in [0, 0.1) is 5.92 Å². The van der Waals surface area contributed by atoms with E-state index in [1.165, 1.54) is 18.0 Å². The molecule has 1 aromatic carbocycles. The number of hydrogen-bond acceptors (Lipinski definition) is 7. The van der Waals surface area contributed by atoms with Crippen LogP contribution < -0.4 is 16.0 Å². The molecule has 146 valence electrons. The average molecular weight is 380 g/mol. The molecule has 28 heavy (non-hydrogen) atoms. The van der Waals surface area contributed by atoms with Crippen LogP contribution in [0.2, 0.25) is 0 Å². The number of hydrogen-bond donors (Lipinski definition) is 2. The summed E-state index contributed by atoms with van der Waals surface area (Å²) in [5.41, 5.74) is 8.77. The van der Waals surface area contributed by atoms with Crippen LogP contribution in [0.3, 0.4) is 0 Å². The van der Waals surface area contributed by atoms with Crippen LogP contribution >= 0.6 is 0 Å². The van der Waals surface area contributed by atoms with Gasteiger partial charge in [0.15, 0.2) is 0 Å². The number of benzene rings is 1. The van der Waals surface area contributed by atoms with Crippen LogP contribution in [0.25, 0.3) is 11.0 Å². The predicted octanol–water partition coefficient (Wildman–Crippen LogP) is 0.863. The van der Waals surface area contributed by atoms with Crippen LogP contribution in [0.4, 0.5) is 5.95 Å². The number of nitrogens with two attached hydrogens (primary N) is 1. The fourth-order valence-electron chi connectivity index (χ4n) is 3.56. The molecule has 9 nitrogen and oxygen atoms in total. The molecule has 0 unspecified atom stereocenters. The van der Waals surface area contributed by atoms with Crippen molar-refractivity contribution in [2.75, 3.05) is 24.5 Å². The van der Waals surface area contributed by atoms with E-state index in [2.05, 4.69) is 42.6 Å². The molecule has 0 bridgehead atoms. The molecule has 3 aromatic rings.